The largest absolute Gasteiger partial charge is 0.321 e. The van der Waals surface area contributed by atoms with Gasteiger partial charge in [-0.2, -0.15) is 0 Å². The molecule has 0 aliphatic rings. The summed E-state index contributed by atoms with van der Waals surface area (Å²) in [7, 11) is 0. The zero-order valence-corrected chi connectivity index (χ0v) is 8.14. The topological polar surface area (TPSA) is 60.4 Å². The number of carbonyl (C=O) groups is 1. The highest BCUT2D eigenvalue weighted by atomic mass is 19.1. The average Bonchev–Trinajstić information content (AvgIpc) is 2.61. The maximum absolute atomic E-state index is 13.2. The van der Waals surface area contributed by atoms with Crippen LogP contribution in [0.1, 0.15) is 17.4 Å². The van der Waals surface area contributed by atoms with E-state index in [1.165, 1.54) is 22.7 Å². The lowest BCUT2D eigenvalue weighted by atomic mass is 10.2. The van der Waals surface area contributed by atoms with Gasteiger partial charge in [-0.3, -0.25) is 9.20 Å². The molecule has 0 saturated heterocycles. The Morgan fingerprint density at radius 1 is 1.67 bits per heavy atom. The third kappa shape index (κ3) is 1.50. The Labute approximate surface area is 85.5 Å². The molecule has 2 aromatic heterocycles. The molecule has 0 bridgehead atoms. The first kappa shape index (κ1) is 9.79. The zero-order valence-electron chi connectivity index (χ0n) is 8.14. The number of aromatic nitrogens is 2. The molecular formula is C10H10FN3O. The molecule has 4 nitrogen and oxygen atoms in total. The van der Waals surface area contributed by atoms with Gasteiger partial charge in [0.05, 0.1) is 12.2 Å². The third-order valence-electron chi connectivity index (χ3n) is 2.15. The lowest BCUT2D eigenvalue weighted by Crippen LogP contribution is -2.27. The van der Waals surface area contributed by atoms with E-state index in [1.54, 1.807) is 13.1 Å². The van der Waals surface area contributed by atoms with Crippen molar-refractivity contribution >= 4 is 11.4 Å². The number of nitrogens with two attached hydrogens (primary N) is 1. The Hall–Kier alpha value is -1.75. The van der Waals surface area contributed by atoms with Crippen LogP contribution in [-0.2, 0) is 0 Å². The van der Waals surface area contributed by atoms with Gasteiger partial charge in [0.15, 0.2) is 17.2 Å². The van der Waals surface area contributed by atoms with Crippen molar-refractivity contribution in [2.45, 2.75) is 13.0 Å². The number of hydrogen-bond donors (Lipinski definition) is 1. The van der Waals surface area contributed by atoms with Gasteiger partial charge in [0.2, 0.25) is 0 Å². The smallest absolute Gasteiger partial charge is 0.197 e. The van der Waals surface area contributed by atoms with Crippen molar-refractivity contribution in [3.8, 4) is 0 Å². The number of pyridine rings is 1. The van der Waals surface area contributed by atoms with E-state index >= 15 is 0 Å². The molecule has 2 rings (SSSR count). The summed E-state index contributed by atoms with van der Waals surface area (Å²) < 4.78 is 14.6. The predicted octanol–water partition coefficient (Wildman–Crippen LogP) is 1.00. The summed E-state index contributed by atoms with van der Waals surface area (Å²) in [6.45, 7) is 1.58. The van der Waals surface area contributed by atoms with E-state index in [2.05, 4.69) is 4.98 Å². The Kier molecular flexibility index (Phi) is 2.24. The van der Waals surface area contributed by atoms with Crippen molar-refractivity contribution in [1.29, 1.82) is 0 Å². The first-order chi connectivity index (χ1) is 7.11. The van der Waals surface area contributed by atoms with E-state index in [9.17, 15) is 9.18 Å². The van der Waals surface area contributed by atoms with Crippen molar-refractivity contribution in [1.82, 2.24) is 9.38 Å². The SMILES string of the molecule is CC(N)C(=O)c1cnc2c(F)cccn12. The van der Waals surface area contributed by atoms with Crippen LogP contribution in [0.4, 0.5) is 4.39 Å². The number of rotatable bonds is 2. The minimum atomic E-state index is -0.617. The van der Waals surface area contributed by atoms with Crippen LogP contribution in [0, 0.1) is 5.82 Å². The second kappa shape index (κ2) is 3.43. The normalized spacial score (nSPS) is 13.0. The Bertz CT molecular complexity index is 518. The number of hydrogen-bond acceptors (Lipinski definition) is 3. The van der Waals surface area contributed by atoms with Gasteiger partial charge in [-0.05, 0) is 19.1 Å². The molecule has 2 heterocycles. The van der Waals surface area contributed by atoms with Gasteiger partial charge < -0.3 is 5.73 Å². The summed E-state index contributed by atoms with van der Waals surface area (Å²) in [5.74, 6) is -0.714. The van der Waals surface area contributed by atoms with Crippen LogP contribution in [0.3, 0.4) is 0 Å². The van der Waals surface area contributed by atoms with Crippen LogP contribution < -0.4 is 5.73 Å². The van der Waals surface area contributed by atoms with Gasteiger partial charge in [-0.15, -0.1) is 0 Å². The van der Waals surface area contributed by atoms with Gasteiger partial charge in [0.1, 0.15) is 5.69 Å². The fourth-order valence-corrected chi connectivity index (χ4v) is 1.39. The van der Waals surface area contributed by atoms with E-state index in [0.717, 1.165) is 0 Å². The molecule has 0 spiro atoms. The summed E-state index contributed by atoms with van der Waals surface area (Å²) in [6.07, 6.45) is 2.92. The van der Waals surface area contributed by atoms with E-state index in [4.69, 9.17) is 5.73 Å². The van der Waals surface area contributed by atoms with Crippen molar-refractivity contribution in [2.75, 3.05) is 0 Å². The number of imidazole rings is 1. The van der Waals surface area contributed by atoms with Gasteiger partial charge in [-0.1, -0.05) is 0 Å². The molecule has 0 amide bonds. The molecule has 0 fully saturated rings. The van der Waals surface area contributed by atoms with Crippen LogP contribution >= 0.6 is 0 Å². The maximum atomic E-state index is 13.2. The Morgan fingerprint density at radius 3 is 3.07 bits per heavy atom. The highest BCUT2D eigenvalue weighted by molar-refractivity contribution is 5.98. The van der Waals surface area contributed by atoms with Crippen molar-refractivity contribution in [3.63, 3.8) is 0 Å². The lowest BCUT2D eigenvalue weighted by molar-refractivity contribution is 0.0962. The van der Waals surface area contributed by atoms with E-state index < -0.39 is 11.9 Å². The van der Waals surface area contributed by atoms with Gasteiger partial charge in [0, 0.05) is 6.20 Å². The van der Waals surface area contributed by atoms with Crippen LogP contribution in [-0.4, -0.2) is 21.2 Å². The summed E-state index contributed by atoms with van der Waals surface area (Å²) in [5.41, 5.74) is 5.92. The molecule has 15 heavy (non-hydrogen) atoms. The Morgan fingerprint density at radius 2 is 2.40 bits per heavy atom. The molecule has 2 N–H and O–H groups in total. The monoisotopic (exact) mass is 207 g/mol. The number of fused-ring (bicyclic) bond motifs is 1. The number of carbonyl (C=O) groups excluding carboxylic acids is 1. The highest BCUT2D eigenvalue weighted by Crippen LogP contribution is 2.11. The average molecular weight is 207 g/mol. The third-order valence-corrected chi connectivity index (χ3v) is 2.15. The molecule has 0 aromatic carbocycles. The molecule has 0 aliphatic carbocycles. The van der Waals surface area contributed by atoms with Gasteiger partial charge in [-0.25, -0.2) is 9.37 Å². The molecule has 1 unspecified atom stereocenters. The van der Waals surface area contributed by atoms with Crippen LogP contribution in [0.15, 0.2) is 24.5 Å². The standard InChI is InChI=1S/C10H10FN3O/c1-6(12)9(15)8-5-13-10-7(11)3-2-4-14(8)10/h2-6H,12H2,1H3. The molecule has 0 radical (unpaired) electrons. The van der Waals surface area contributed by atoms with Crippen LogP contribution in [0.5, 0.6) is 0 Å². The van der Waals surface area contributed by atoms with Crippen molar-refractivity contribution in [2.24, 2.45) is 5.73 Å². The van der Waals surface area contributed by atoms with E-state index in [0.29, 0.717) is 5.69 Å². The second-order valence-corrected chi connectivity index (χ2v) is 3.35. The van der Waals surface area contributed by atoms with Gasteiger partial charge >= 0.3 is 0 Å². The number of nitrogens with zero attached hydrogens (tertiary/aromatic N) is 2. The van der Waals surface area contributed by atoms with Crippen LogP contribution in [0.25, 0.3) is 5.65 Å². The Balaban J connectivity index is 2.64. The molecule has 78 valence electrons. The van der Waals surface area contributed by atoms with E-state index in [1.807, 2.05) is 0 Å². The van der Waals surface area contributed by atoms with Crippen molar-refractivity contribution < 1.29 is 9.18 Å². The fraction of sp³-hybridized carbons (Fsp3) is 0.200. The zero-order chi connectivity index (χ0) is 11.0. The second-order valence-electron chi connectivity index (χ2n) is 3.35. The highest BCUT2D eigenvalue weighted by Gasteiger charge is 2.16. The van der Waals surface area contributed by atoms with Crippen LogP contribution in [0.2, 0.25) is 0 Å². The minimum Gasteiger partial charge on any atom is -0.321 e. The predicted molar refractivity (Wildman–Crippen MR) is 53.1 cm³/mol. The number of halogens is 1. The molecular weight excluding hydrogens is 197 g/mol. The summed E-state index contributed by atoms with van der Waals surface area (Å²) >= 11 is 0. The first-order valence-corrected chi connectivity index (χ1v) is 4.52. The lowest BCUT2D eigenvalue weighted by Gasteiger charge is -2.03. The fourth-order valence-electron chi connectivity index (χ4n) is 1.39. The quantitative estimate of drug-likeness (QED) is 0.747. The molecule has 0 saturated carbocycles. The summed E-state index contributed by atoms with van der Waals surface area (Å²) in [5, 5.41) is 0. The molecule has 2 aromatic rings. The van der Waals surface area contributed by atoms with Gasteiger partial charge in [0.25, 0.3) is 0 Å². The molecule has 0 aliphatic heterocycles. The number of ketones is 1. The molecule has 5 heteroatoms. The minimum absolute atomic E-state index is 0.140. The van der Waals surface area contributed by atoms with E-state index in [-0.39, 0.29) is 11.4 Å². The molecule has 1 atom stereocenters. The summed E-state index contributed by atoms with van der Waals surface area (Å²) in [4.78, 5) is 15.5. The van der Waals surface area contributed by atoms with Crippen molar-refractivity contribution in [3.05, 3.63) is 36.0 Å². The first-order valence-electron chi connectivity index (χ1n) is 4.52. The maximum Gasteiger partial charge on any atom is 0.197 e. The summed E-state index contributed by atoms with van der Waals surface area (Å²) in [6, 6.07) is 2.19. The number of Topliss-reactive ketones (excluding diaryl/α,β-unsaturated/α-hetero) is 1.